The minimum absolute atomic E-state index is 0.193. The summed E-state index contributed by atoms with van der Waals surface area (Å²) in [7, 11) is 0. The first-order valence-electron chi connectivity index (χ1n) is 11.5. The molecule has 3 aromatic carbocycles. The monoisotopic (exact) mass is 546 g/mol. The van der Waals surface area contributed by atoms with Crippen molar-refractivity contribution in [1.82, 2.24) is 0 Å². The molecule has 1 saturated carbocycles. The normalized spacial score (nSPS) is 14.8. The molecule has 202 valence electrons. The first-order valence-corrected chi connectivity index (χ1v) is 11.5. The molecule has 1 aliphatic rings. The van der Waals surface area contributed by atoms with Gasteiger partial charge in [-0.1, -0.05) is 25.2 Å². The van der Waals surface area contributed by atoms with Crippen molar-refractivity contribution in [3.8, 4) is 23.3 Å². The Morgan fingerprint density at radius 2 is 1.45 bits per heavy atom. The van der Waals surface area contributed by atoms with Crippen LogP contribution in [0.25, 0.3) is 10.8 Å². The highest BCUT2D eigenvalue weighted by molar-refractivity contribution is 5.86. The van der Waals surface area contributed by atoms with Gasteiger partial charge in [0.1, 0.15) is 40.3 Å². The van der Waals surface area contributed by atoms with Gasteiger partial charge in [-0.25, -0.2) is 17.6 Å². The predicted molar refractivity (Wildman–Crippen MR) is 120 cm³/mol. The minimum Gasteiger partial charge on any atom is -0.493 e. The van der Waals surface area contributed by atoms with Crippen LogP contribution < -0.4 is 9.47 Å². The van der Waals surface area contributed by atoms with Gasteiger partial charge in [0, 0.05) is 23.4 Å². The molecule has 1 aliphatic carbocycles. The van der Waals surface area contributed by atoms with Crippen molar-refractivity contribution < 1.29 is 49.0 Å². The maximum atomic E-state index is 14.8. The number of ether oxygens (including phenoxy) is 2. The average molecular weight is 546 g/mol. The Morgan fingerprint density at radius 3 is 2.08 bits per heavy atom. The Kier molecular flexibility index (Phi) is 7.72. The molecule has 11 heteroatoms. The summed E-state index contributed by atoms with van der Waals surface area (Å²) in [5.74, 6) is -4.83. The molecule has 0 saturated heterocycles. The summed E-state index contributed by atoms with van der Waals surface area (Å²) < 4.78 is 134. The number of halogens is 9. The Hall–Kier alpha value is -3.55. The van der Waals surface area contributed by atoms with E-state index in [1.807, 2.05) is 0 Å². The summed E-state index contributed by atoms with van der Waals surface area (Å²) in [5, 5.41) is -0.802. The summed E-state index contributed by atoms with van der Waals surface area (Å²) in [5.41, 5.74) is -2.86. The van der Waals surface area contributed by atoms with E-state index in [0.717, 1.165) is 56.2 Å². The molecule has 2 nitrogen and oxygen atoms in total. The van der Waals surface area contributed by atoms with E-state index in [9.17, 15) is 39.5 Å². The van der Waals surface area contributed by atoms with Gasteiger partial charge in [0.05, 0.1) is 12.2 Å². The summed E-state index contributed by atoms with van der Waals surface area (Å²) >= 11 is 0. The second-order valence-corrected chi connectivity index (χ2v) is 8.87. The van der Waals surface area contributed by atoms with Crippen LogP contribution in [0.3, 0.4) is 0 Å². The van der Waals surface area contributed by atoms with Gasteiger partial charge in [-0.3, -0.25) is 0 Å². The number of fused-ring (bicyclic) bond motifs is 1. The van der Waals surface area contributed by atoms with Crippen LogP contribution in [0, 0.1) is 41.0 Å². The molecule has 0 atom stereocenters. The smallest absolute Gasteiger partial charge is 0.458 e. The van der Waals surface area contributed by atoms with E-state index in [2.05, 4.69) is 4.74 Å². The van der Waals surface area contributed by atoms with Crippen LogP contribution in [0.5, 0.6) is 11.5 Å². The van der Waals surface area contributed by atoms with E-state index in [1.54, 1.807) is 0 Å². The zero-order valence-corrected chi connectivity index (χ0v) is 19.5. The van der Waals surface area contributed by atoms with Crippen molar-refractivity contribution in [2.24, 2.45) is 5.92 Å². The zero-order valence-electron chi connectivity index (χ0n) is 19.5. The van der Waals surface area contributed by atoms with E-state index >= 15 is 0 Å². The molecule has 0 heterocycles. The number of hydrogen-bond acceptors (Lipinski definition) is 2. The molecule has 0 spiro atoms. The number of hydrogen-bond donors (Lipinski definition) is 0. The van der Waals surface area contributed by atoms with Gasteiger partial charge in [0.25, 0.3) is 0 Å². The molecule has 38 heavy (non-hydrogen) atoms. The lowest BCUT2D eigenvalue weighted by Crippen LogP contribution is -2.25. The highest BCUT2D eigenvalue weighted by Gasteiger charge is 2.41. The lowest BCUT2D eigenvalue weighted by molar-refractivity contribution is -0.189. The molecule has 0 aliphatic heterocycles. The van der Waals surface area contributed by atoms with Crippen LogP contribution in [-0.4, -0.2) is 12.8 Å². The van der Waals surface area contributed by atoms with Gasteiger partial charge in [-0.15, -0.1) is 0 Å². The Labute approximate surface area is 211 Å². The molecule has 0 amide bonds. The fraction of sp³-hybridized carbons (Fsp3) is 0.333. The summed E-state index contributed by atoms with van der Waals surface area (Å²) in [6, 6.07) is 4.18. The number of alkyl halides is 5. The van der Waals surface area contributed by atoms with Crippen LogP contribution in [0.15, 0.2) is 36.4 Å². The van der Waals surface area contributed by atoms with Crippen LogP contribution in [0.1, 0.15) is 43.2 Å². The van der Waals surface area contributed by atoms with Gasteiger partial charge in [0.15, 0.2) is 0 Å². The topological polar surface area (TPSA) is 18.5 Å². The van der Waals surface area contributed by atoms with Gasteiger partial charge in [-0.2, -0.15) is 22.0 Å². The van der Waals surface area contributed by atoms with Crippen LogP contribution >= 0.6 is 0 Å². The number of rotatable bonds is 6. The first-order chi connectivity index (χ1) is 17.8. The molecule has 0 bridgehead atoms. The maximum absolute atomic E-state index is 14.8. The fourth-order valence-electron chi connectivity index (χ4n) is 4.30. The molecule has 3 aromatic rings. The third kappa shape index (κ3) is 6.29. The van der Waals surface area contributed by atoms with Gasteiger partial charge in [0.2, 0.25) is 0 Å². The van der Waals surface area contributed by atoms with Crippen molar-refractivity contribution >= 4 is 10.8 Å². The second kappa shape index (κ2) is 10.7. The van der Waals surface area contributed by atoms with Crippen molar-refractivity contribution in [3.05, 3.63) is 70.8 Å². The Bertz CT molecular complexity index is 1370. The second-order valence-electron chi connectivity index (χ2n) is 8.87. The van der Waals surface area contributed by atoms with Gasteiger partial charge < -0.3 is 9.47 Å². The van der Waals surface area contributed by atoms with Crippen LogP contribution in [0.4, 0.5) is 39.5 Å². The lowest BCUT2D eigenvalue weighted by Gasteiger charge is -2.22. The maximum Gasteiger partial charge on any atom is 0.458 e. The SMILES string of the molecule is Fc1cc2cc(OC(F)(F)c3c(F)cc(OCC4CCCCC4)cc3F)ccc2c(F)c1C#CC(F)(F)F. The number of benzene rings is 3. The standard InChI is InChI=1S/C27H19F9O2/c28-21-11-16-10-17(6-7-19(16)25(31)20(21)8-9-26(32,33)34)38-27(35,36)24-22(29)12-18(13-23(24)30)37-14-15-4-2-1-3-5-15/h6-7,10-13,15H,1-5,14H2. The largest absolute Gasteiger partial charge is 0.493 e. The molecule has 0 radical (unpaired) electrons. The zero-order chi connectivity index (χ0) is 27.7. The molecular weight excluding hydrogens is 527 g/mol. The highest BCUT2D eigenvalue weighted by Crippen LogP contribution is 2.38. The lowest BCUT2D eigenvalue weighted by atomic mass is 9.90. The molecule has 0 N–H and O–H groups in total. The summed E-state index contributed by atoms with van der Waals surface area (Å²) in [4.78, 5) is 0. The third-order valence-electron chi connectivity index (χ3n) is 6.09. The molecule has 0 unspecified atom stereocenters. The predicted octanol–water partition coefficient (Wildman–Crippen LogP) is 8.40. The van der Waals surface area contributed by atoms with E-state index in [4.69, 9.17) is 4.74 Å². The molecular formula is C27H19F9O2. The quantitative estimate of drug-likeness (QED) is 0.228. The fourth-order valence-corrected chi connectivity index (χ4v) is 4.30. The summed E-state index contributed by atoms with van der Waals surface area (Å²) in [6.07, 6.45) is -4.61. The molecule has 4 rings (SSSR count). The van der Waals surface area contributed by atoms with Crippen LogP contribution in [0.2, 0.25) is 0 Å². The van der Waals surface area contributed by atoms with E-state index in [0.29, 0.717) is 18.2 Å². The van der Waals surface area contributed by atoms with Crippen molar-refractivity contribution in [2.45, 2.75) is 44.4 Å². The highest BCUT2D eigenvalue weighted by atomic mass is 19.4. The molecule has 0 aromatic heterocycles. The van der Waals surface area contributed by atoms with E-state index in [1.165, 1.54) is 5.92 Å². The van der Waals surface area contributed by atoms with Crippen LogP contribution in [-0.2, 0) is 6.11 Å². The van der Waals surface area contributed by atoms with Gasteiger partial charge >= 0.3 is 12.3 Å². The van der Waals surface area contributed by atoms with Crippen molar-refractivity contribution in [3.63, 3.8) is 0 Å². The van der Waals surface area contributed by atoms with E-state index < -0.39 is 57.8 Å². The van der Waals surface area contributed by atoms with Crippen molar-refractivity contribution in [1.29, 1.82) is 0 Å². The minimum atomic E-state index is -5.00. The summed E-state index contributed by atoms with van der Waals surface area (Å²) in [6.45, 7) is 0.193. The Morgan fingerprint density at radius 1 is 0.789 bits per heavy atom. The molecule has 1 fully saturated rings. The first kappa shape index (κ1) is 27.5. The third-order valence-corrected chi connectivity index (χ3v) is 6.09. The average Bonchev–Trinajstić information content (AvgIpc) is 2.81. The van der Waals surface area contributed by atoms with E-state index in [-0.39, 0.29) is 23.7 Å². The Balaban J connectivity index is 1.57. The van der Waals surface area contributed by atoms with Gasteiger partial charge in [-0.05, 0) is 48.4 Å². The van der Waals surface area contributed by atoms with Crippen molar-refractivity contribution in [2.75, 3.05) is 6.61 Å².